The van der Waals surface area contributed by atoms with Gasteiger partial charge in [0.1, 0.15) is 17.1 Å². The van der Waals surface area contributed by atoms with Gasteiger partial charge in [-0.1, -0.05) is 0 Å². The lowest BCUT2D eigenvalue weighted by molar-refractivity contribution is -0.162. The standard InChI is InChI=1S/C14H19BrO4/c1-9(13(16)19-14(2,3)4)18-12-7-6-10(17-5)8-11(12)15/h6-9H,1-5H3. The Morgan fingerprint density at radius 2 is 1.95 bits per heavy atom. The molecular weight excluding hydrogens is 312 g/mol. The number of halogens is 1. The lowest BCUT2D eigenvalue weighted by atomic mass is 10.2. The highest BCUT2D eigenvalue weighted by molar-refractivity contribution is 9.10. The number of carbonyl (C=O) groups excluding carboxylic acids is 1. The van der Waals surface area contributed by atoms with Crippen LogP contribution in [0.2, 0.25) is 0 Å². The maximum atomic E-state index is 11.8. The number of hydrogen-bond donors (Lipinski definition) is 0. The smallest absolute Gasteiger partial charge is 0.347 e. The fraction of sp³-hybridized carbons (Fsp3) is 0.500. The van der Waals surface area contributed by atoms with Gasteiger partial charge in [0, 0.05) is 0 Å². The number of hydrogen-bond acceptors (Lipinski definition) is 4. The molecule has 0 fully saturated rings. The van der Waals surface area contributed by atoms with E-state index < -0.39 is 17.7 Å². The molecule has 1 unspecified atom stereocenters. The van der Waals surface area contributed by atoms with Gasteiger partial charge in [-0.05, 0) is 61.8 Å². The Labute approximate surface area is 122 Å². The zero-order valence-corrected chi connectivity index (χ0v) is 13.4. The molecule has 0 aromatic heterocycles. The van der Waals surface area contributed by atoms with E-state index in [1.807, 2.05) is 20.8 Å². The van der Waals surface area contributed by atoms with Crippen LogP contribution in [0.25, 0.3) is 0 Å². The van der Waals surface area contributed by atoms with E-state index in [0.717, 1.165) is 4.47 Å². The molecule has 4 nitrogen and oxygen atoms in total. The predicted octanol–water partition coefficient (Wildman–Crippen LogP) is 3.57. The van der Waals surface area contributed by atoms with Crippen molar-refractivity contribution in [3.05, 3.63) is 22.7 Å². The molecule has 0 spiro atoms. The second-order valence-corrected chi connectivity index (χ2v) is 5.94. The van der Waals surface area contributed by atoms with E-state index in [1.54, 1.807) is 32.2 Å². The maximum absolute atomic E-state index is 11.8. The lowest BCUT2D eigenvalue weighted by Gasteiger charge is -2.23. The molecule has 0 aliphatic carbocycles. The summed E-state index contributed by atoms with van der Waals surface area (Å²) in [6, 6.07) is 5.28. The van der Waals surface area contributed by atoms with E-state index in [-0.39, 0.29) is 0 Å². The Hall–Kier alpha value is -1.23. The summed E-state index contributed by atoms with van der Waals surface area (Å²) in [4.78, 5) is 11.8. The molecule has 106 valence electrons. The number of esters is 1. The highest BCUT2D eigenvalue weighted by Crippen LogP contribution is 2.30. The third kappa shape index (κ3) is 5.11. The molecule has 0 radical (unpaired) electrons. The summed E-state index contributed by atoms with van der Waals surface area (Å²) in [5.74, 6) is 0.888. The van der Waals surface area contributed by atoms with E-state index in [2.05, 4.69) is 15.9 Å². The zero-order chi connectivity index (χ0) is 14.6. The van der Waals surface area contributed by atoms with Gasteiger partial charge in [0.25, 0.3) is 0 Å². The fourth-order valence-corrected chi connectivity index (χ4v) is 1.78. The molecule has 1 rings (SSSR count). The molecule has 5 heteroatoms. The van der Waals surface area contributed by atoms with Crippen LogP contribution in [-0.4, -0.2) is 24.8 Å². The topological polar surface area (TPSA) is 44.8 Å². The second kappa shape index (κ2) is 6.28. The van der Waals surface area contributed by atoms with E-state index in [0.29, 0.717) is 11.5 Å². The van der Waals surface area contributed by atoms with Crippen molar-refractivity contribution in [1.82, 2.24) is 0 Å². The molecule has 0 heterocycles. The van der Waals surface area contributed by atoms with Crippen molar-refractivity contribution in [3.63, 3.8) is 0 Å². The average Bonchev–Trinajstić information content (AvgIpc) is 2.29. The highest BCUT2D eigenvalue weighted by atomic mass is 79.9. The molecule has 0 aliphatic heterocycles. The van der Waals surface area contributed by atoms with Gasteiger partial charge in [0.15, 0.2) is 6.10 Å². The van der Waals surface area contributed by atoms with Crippen molar-refractivity contribution in [3.8, 4) is 11.5 Å². The second-order valence-electron chi connectivity index (χ2n) is 5.09. The van der Waals surface area contributed by atoms with Gasteiger partial charge in [0.05, 0.1) is 11.6 Å². The first-order valence-corrected chi connectivity index (χ1v) is 6.75. The van der Waals surface area contributed by atoms with Crippen LogP contribution in [0.3, 0.4) is 0 Å². The van der Waals surface area contributed by atoms with Crippen LogP contribution >= 0.6 is 15.9 Å². The molecule has 0 saturated carbocycles. The number of ether oxygens (including phenoxy) is 3. The molecule has 1 aromatic carbocycles. The van der Waals surface area contributed by atoms with Gasteiger partial charge in [0.2, 0.25) is 0 Å². The Morgan fingerprint density at radius 1 is 1.32 bits per heavy atom. The molecule has 19 heavy (non-hydrogen) atoms. The largest absolute Gasteiger partial charge is 0.497 e. The van der Waals surface area contributed by atoms with Crippen molar-refractivity contribution < 1.29 is 19.0 Å². The average molecular weight is 331 g/mol. The van der Waals surface area contributed by atoms with Crippen LogP contribution in [0.4, 0.5) is 0 Å². The van der Waals surface area contributed by atoms with Gasteiger partial charge in [-0.3, -0.25) is 0 Å². The lowest BCUT2D eigenvalue weighted by Crippen LogP contribution is -2.33. The normalized spacial score (nSPS) is 12.7. The highest BCUT2D eigenvalue weighted by Gasteiger charge is 2.23. The zero-order valence-electron chi connectivity index (χ0n) is 11.8. The van der Waals surface area contributed by atoms with E-state index in [4.69, 9.17) is 14.2 Å². The van der Waals surface area contributed by atoms with Gasteiger partial charge in [-0.25, -0.2) is 4.79 Å². The summed E-state index contributed by atoms with van der Waals surface area (Å²) in [5, 5.41) is 0. The van der Waals surface area contributed by atoms with Crippen LogP contribution < -0.4 is 9.47 Å². The van der Waals surface area contributed by atoms with Crippen molar-refractivity contribution in [2.45, 2.75) is 39.4 Å². The molecule has 0 saturated heterocycles. The number of rotatable bonds is 4. The molecule has 1 atom stereocenters. The summed E-state index contributed by atoms with van der Waals surface area (Å²) >= 11 is 3.37. The molecule has 0 amide bonds. The molecule has 0 N–H and O–H groups in total. The van der Waals surface area contributed by atoms with Crippen LogP contribution in [0.15, 0.2) is 22.7 Å². The van der Waals surface area contributed by atoms with Gasteiger partial charge < -0.3 is 14.2 Å². The maximum Gasteiger partial charge on any atom is 0.347 e. The summed E-state index contributed by atoms with van der Waals surface area (Å²) in [6.07, 6.45) is -0.677. The van der Waals surface area contributed by atoms with E-state index >= 15 is 0 Å². The van der Waals surface area contributed by atoms with Crippen molar-refractivity contribution in [1.29, 1.82) is 0 Å². The fourth-order valence-electron chi connectivity index (χ4n) is 1.33. The molecular formula is C14H19BrO4. The number of benzene rings is 1. The Balaban J connectivity index is 2.71. The van der Waals surface area contributed by atoms with Crippen molar-refractivity contribution >= 4 is 21.9 Å². The summed E-state index contributed by atoms with van der Waals surface area (Å²) in [5.41, 5.74) is -0.522. The molecule has 1 aromatic rings. The van der Waals surface area contributed by atoms with E-state index in [1.165, 1.54) is 0 Å². The number of methoxy groups -OCH3 is 1. The number of carbonyl (C=O) groups is 1. The van der Waals surface area contributed by atoms with Crippen LogP contribution in [0, 0.1) is 0 Å². The Morgan fingerprint density at radius 3 is 2.42 bits per heavy atom. The summed E-state index contributed by atoms with van der Waals surface area (Å²) in [6.45, 7) is 7.12. The summed E-state index contributed by atoms with van der Waals surface area (Å²) in [7, 11) is 1.59. The van der Waals surface area contributed by atoms with Crippen LogP contribution in [-0.2, 0) is 9.53 Å². The van der Waals surface area contributed by atoms with Gasteiger partial charge >= 0.3 is 5.97 Å². The molecule has 0 bridgehead atoms. The third-order valence-corrected chi connectivity index (χ3v) is 2.80. The quantitative estimate of drug-likeness (QED) is 0.792. The minimum Gasteiger partial charge on any atom is -0.497 e. The van der Waals surface area contributed by atoms with Gasteiger partial charge in [-0.15, -0.1) is 0 Å². The van der Waals surface area contributed by atoms with Crippen LogP contribution in [0.5, 0.6) is 11.5 Å². The van der Waals surface area contributed by atoms with Crippen molar-refractivity contribution in [2.24, 2.45) is 0 Å². The SMILES string of the molecule is COc1ccc(OC(C)C(=O)OC(C)(C)C)c(Br)c1. The van der Waals surface area contributed by atoms with Crippen LogP contribution in [0.1, 0.15) is 27.7 Å². The predicted molar refractivity (Wildman–Crippen MR) is 76.6 cm³/mol. The molecule has 0 aliphatic rings. The minimum absolute atomic E-state index is 0.393. The third-order valence-electron chi connectivity index (χ3n) is 2.18. The first-order chi connectivity index (χ1) is 8.73. The first kappa shape index (κ1) is 15.8. The minimum atomic E-state index is -0.677. The monoisotopic (exact) mass is 330 g/mol. The van der Waals surface area contributed by atoms with E-state index in [9.17, 15) is 4.79 Å². The Bertz CT molecular complexity index is 451. The van der Waals surface area contributed by atoms with Gasteiger partial charge in [-0.2, -0.15) is 0 Å². The summed E-state index contributed by atoms with van der Waals surface area (Å²) < 4.78 is 16.6. The Kier molecular flexibility index (Phi) is 5.23. The van der Waals surface area contributed by atoms with Crippen molar-refractivity contribution in [2.75, 3.05) is 7.11 Å². The first-order valence-electron chi connectivity index (χ1n) is 5.96.